The zero-order chi connectivity index (χ0) is 12.7. The molecule has 1 N–H and O–H groups in total. The lowest BCUT2D eigenvalue weighted by Crippen LogP contribution is -2.45. The maximum absolute atomic E-state index is 11.1. The number of rotatable bonds is 8. The van der Waals surface area contributed by atoms with Gasteiger partial charge in [-0.15, -0.1) is 0 Å². The molecule has 0 fully saturated rings. The van der Waals surface area contributed by atoms with Crippen LogP contribution in [0.1, 0.15) is 34.1 Å². The van der Waals surface area contributed by atoms with Crippen LogP contribution in [0.3, 0.4) is 0 Å². The van der Waals surface area contributed by atoms with Gasteiger partial charge in [0, 0.05) is 19.5 Å². The van der Waals surface area contributed by atoms with E-state index in [0.29, 0.717) is 31.2 Å². The average molecular weight is 229 g/mol. The highest BCUT2D eigenvalue weighted by atomic mass is 16.4. The van der Waals surface area contributed by atoms with E-state index in [0.717, 1.165) is 0 Å². The lowest BCUT2D eigenvalue weighted by molar-refractivity contribution is -0.144. The second kappa shape index (κ2) is 7.39. The first-order chi connectivity index (χ1) is 7.38. The van der Waals surface area contributed by atoms with Crippen LogP contribution in [0.25, 0.3) is 0 Å². The highest BCUT2D eigenvalue weighted by molar-refractivity contribution is 5.76. The molecule has 0 aliphatic rings. The van der Waals surface area contributed by atoms with Crippen molar-refractivity contribution in [2.45, 2.75) is 40.2 Å². The Labute approximate surface area is 97.6 Å². The zero-order valence-corrected chi connectivity index (χ0v) is 10.6. The summed E-state index contributed by atoms with van der Waals surface area (Å²) in [6, 6.07) is -0.678. The van der Waals surface area contributed by atoms with E-state index in [1.165, 1.54) is 0 Å². The van der Waals surface area contributed by atoms with Crippen molar-refractivity contribution >= 4 is 12.3 Å². The molecule has 0 aliphatic heterocycles. The summed E-state index contributed by atoms with van der Waals surface area (Å²) in [4.78, 5) is 23.5. The molecule has 0 aromatic heterocycles. The smallest absolute Gasteiger partial charge is 0.321 e. The molecule has 94 valence electrons. The van der Waals surface area contributed by atoms with Crippen molar-refractivity contribution in [3.8, 4) is 0 Å². The summed E-state index contributed by atoms with van der Waals surface area (Å²) in [5.74, 6) is -0.118. The van der Waals surface area contributed by atoms with Crippen LogP contribution < -0.4 is 0 Å². The van der Waals surface area contributed by atoms with Crippen molar-refractivity contribution in [1.82, 2.24) is 4.90 Å². The van der Waals surface area contributed by atoms with Crippen molar-refractivity contribution in [1.29, 1.82) is 0 Å². The molecule has 0 aromatic rings. The Bertz CT molecular complexity index is 216. The minimum absolute atomic E-state index is 0.0643. The van der Waals surface area contributed by atoms with Gasteiger partial charge < -0.3 is 9.90 Å². The Kier molecular flexibility index (Phi) is 6.97. The lowest BCUT2D eigenvalue weighted by Gasteiger charge is -2.30. The molecule has 0 saturated heterocycles. The monoisotopic (exact) mass is 229 g/mol. The summed E-state index contributed by atoms with van der Waals surface area (Å²) < 4.78 is 0. The van der Waals surface area contributed by atoms with Gasteiger partial charge in [-0.1, -0.05) is 27.7 Å². The lowest BCUT2D eigenvalue weighted by atomic mass is 10.1. The third-order valence-electron chi connectivity index (χ3n) is 2.24. The maximum atomic E-state index is 11.1. The number of nitrogens with zero attached hydrogens (tertiary/aromatic N) is 1. The van der Waals surface area contributed by atoms with Crippen LogP contribution in [-0.4, -0.2) is 41.4 Å². The predicted molar refractivity (Wildman–Crippen MR) is 63.4 cm³/mol. The summed E-state index contributed by atoms with van der Waals surface area (Å²) in [5, 5.41) is 9.10. The van der Waals surface area contributed by atoms with Gasteiger partial charge in [-0.25, -0.2) is 0 Å². The normalized spacial score (nSPS) is 13.4. The fraction of sp³-hybridized carbons (Fsp3) is 0.833. The zero-order valence-electron chi connectivity index (χ0n) is 10.6. The molecule has 0 radical (unpaired) electrons. The molecule has 1 atom stereocenters. The van der Waals surface area contributed by atoms with Crippen LogP contribution in [0.4, 0.5) is 0 Å². The van der Waals surface area contributed by atoms with Crippen LogP contribution in [-0.2, 0) is 9.59 Å². The van der Waals surface area contributed by atoms with Gasteiger partial charge >= 0.3 is 5.97 Å². The Hall–Kier alpha value is -0.900. The fourth-order valence-corrected chi connectivity index (χ4v) is 1.76. The number of hydrogen-bond acceptors (Lipinski definition) is 3. The van der Waals surface area contributed by atoms with E-state index in [-0.39, 0.29) is 6.42 Å². The number of carboxylic acids is 1. The van der Waals surface area contributed by atoms with Crippen molar-refractivity contribution < 1.29 is 14.7 Å². The second-order valence-electron chi connectivity index (χ2n) is 5.00. The minimum Gasteiger partial charge on any atom is -0.480 e. The molecule has 0 heterocycles. The third-order valence-corrected chi connectivity index (χ3v) is 2.24. The molecule has 4 heteroatoms. The molecule has 0 rings (SSSR count). The Morgan fingerprint density at radius 3 is 1.88 bits per heavy atom. The standard InChI is InChI=1S/C12H23NO3/c1-9(2)7-13(8-10(3)4)11(5-6-14)12(15)16/h6,9-11H,5,7-8H2,1-4H3,(H,15,16). The van der Waals surface area contributed by atoms with Crippen LogP contribution in [0.15, 0.2) is 0 Å². The molecular formula is C12H23NO3. The molecular weight excluding hydrogens is 206 g/mol. The highest BCUT2D eigenvalue weighted by Crippen LogP contribution is 2.11. The number of aldehydes is 1. The van der Waals surface area contributed by atoms with Crippen molar-refractivity contribution in [3.63, 3.8) is 0 Å². The van der Waals surface area contributed by atoms with Crippen molar-refractivity contribution in [2.24, 2.45) is 11.8 Å². The molecule has 16 heavy (non-hydrogen) atoms. The van der Waals surface area contributed by atoms with E-state index in [1.54, 1.807) is 0 Å². The van der Waals surface area contributed by atoms with E-state index in [1.807, 2.05) is 32.6 Å². The third kappa shape index (κ3) is 5.85. The van der Waals surface area contributed by atoms with Crippen LogP contribution in [0.5, 0.6) is 0 Å². The van der Waals surface area contributed by atoms with E-state index in [9.17, 15) is 9.59 Å². The van der Waals surface area contributed by atoms with Crippen LogP contribution in [0, 0.1) is 11.8 Å². The second-order valence-corrected chi connectivity index (χ2v) is 5.00. The van der Waals surface area contributed by atoms with Crippen molar-refractivity contribution in [3.05, 3.63) is 0 Å². The van der Waals surface area contributed by atoms with Crippen LogP contribution >= 0.6 is 0 Å². The van der Waals surface area contributed by atoms with Gasteiger partial charge in [-0.2, -0.15) is 0 Å². The Morgan fingerprint density at radius 1 is 1.19 bits per heavy atom. The molecule has 0 spiro atoms. The van der Waals surface area contributed by atoms with Gasteiger partial charge in [0.25, 0.3) is 0 Å². The quantitative estimate of drug-likeness (QED) is 0.643. The van der Waals surface area contributed by atoms with Gasteiger partial charge in [0.2, 0.25) is 0 Å². The topological polar surface area (TPSA) is 57.6 Å². The van der Waals surface area contributed by atoms with Gasteiger partial charge in [-0.05, 0) is 11.8 Å². The predicted octanol–water partition coefficient (Wildman–Crippen LogP) is 1.64. The minimum atomic E-state index is -0.909. The van der Waals surface area contributed by atoms with Gasteiger partial charge in [0.15, 0.2) is 0 Å². The van der Waals surface area contributed by atoms with E-state index >= 15 is 0 Å². The summed E-state index contributed by atoms with van der Waals surface area (Å²) in [5.41, 5.74) is 0. The van der Waals surface area contributed by atoms with E-state index in [2.05, 4.69) is 0 Å². The fourth-order valence-electron chi connectivity index (χ4n) is 1.76. The number of hydrogen-bond donors (Lipinski definition) is 1. The van der Waals surface area contributed by atoms with Gasteiger partial charge in [0.05, 0.1) is 0 Å². The first-order valence-corrected chi connectivity index (χ1v) is 5.79. The first kappa shape index (κ1) is 15.1. The molecule has 4 nitrogen and oxygen atoms in total. The molecule has 1 unspecified atom stereocenters. The number of carbonyl (C=O) groups is 2. The summed E-state index contributed by atoms with van der Waals surface area (Å²) in [6.07, 6.45) is 0.751. The largest absolute Gasteiger partial charge is 0.480 e. The molecule has 0 saturated carbocycles. The molecule has 0 bridgehead atoms. The Morgan fingerprint density at radius 2 is 1.62 bits per heavy atom. The number of carboxylic acid groups (broad SMARTS) is 1. The Balaban J connectivity index is 4.65. The number of carbonyl (C=O) groups excluding carboxylic acids is 1. The van der Waals surface area contributed by atoms with Gasteiger partial charge in [-0.3, -0.25) is 9.69 Å². The summed E-state index contributed by atoms with van der Waals surface area (Å²) in [6.45, 7) is 9.62. The number of aliphatic carboxylic acids is 1. The first-order valence-electron chi connectivity index (χ1n) is 5.79. The van der Waals surface area contributed by atoms with Crippen LogP contribution in [0.2, 0.25) is 0 Å². The molecule has 0 amide bonds. The average Bonchev–Trinajstić information content (AvgIpc) is 2.10. The van der Waals surface area contributed by atoms with E-state index in [4.69, 9.17) is 5.11 Å². The molecule has 0 aromatic carbocycles. The van der Waals surface area contributed by atoms with Gasteiger partial charge in [0.1, 0.15) is 12.3 Å². The SMILES string of the molecule is CC(C)CN(CC(C)C)C(CC=O)C(=O)O. The highest BCUT2D eigenvalue weighted by Gasteiger charge is 2.26. The summed E-state index contributed by atoms with van der Waals surface area (Å²) >= 11 is 0. The maximum Gasteiger partial charge on any atom is 0.321 e. The van der Waals surface area contributed by atoms with Crippen molar-refractivity contribution in [2.75, 3.05) is 13.1 Å². The molecule has 0 aliphatic carbocycles. The van der Waals surface area contributed by atoms with E-state index < -0.39 is 12.0 Å². The summed E-state index contributed by atoms with van der Waals surface area (Å²) in [7, 11) is 0.